The average Bonchev–Trinajstić information content (AvgIpc) is 3.45. The van der Waals surface area contributed by atoms with Crippen LogP contribution in [0.25, 0.3) is 0 Å². The summed E-state index contributed by atoms with van der Waals surface area (Å²) >= 11 is 0. The molecule has 0 aliphatic rings. The van der Waals surface area contributed by atoms with Crippen molar-refractivity contribution in [1.82, 2.24) is 4.90 Å². The topological polar surface area (TPSA) is 260 Å². The Morgan fingerprint density at radius 2 is 0.598 bits per heavy atom. The molecule has 7 N–H and O–H groups in total. The minimum Gasteiger partial charge on any atom is -0.480 e. The molecule has 0 radical (unpaired) electrons. The number of benzene rings is 4. The molecular weight excluding hydrogens is 1130 g/mol. The minimum atomic E-state index is -0.958. The molecule has 458 valence electrons. The first kappa shape index (κ1) is 81.9. The molecule has 0 atom stereocenters. The summed E-state index contributed by atoms with van der Waals surface area (Å²) in [4.78, 5) is 73.0. The van der Waals surface area contributed by atoms with Crippen molar-refractivity contribution in [2.75, 3.05) is 103 Å². The fraction of sp³-hybridized carbons (Fsp3) is 0.492. The van der Waals surface area contributed by atoms with Crippen molar-refractivity contribution in [2.24, 2.45) is 0 Å². The number of amides is 1. The number of carboxylic acids is 5. The molecule has 0 fully saturated rings. The van der Waals surface area contributed by atoms with Crippen LogP contribution in [0.1, 0.15) is 165 Å². The molecule has 82 heavy (non-hydrogen) atoms. The number of carbonyl (C=O) groups excluding carboxylic acids is 1. The molecule has 18 nitrogen and oxygen atoms in total. The van der Waals surface area contributed by atoms with Gasteiger partial charge in [0.05, 0.1) is 22.3 Å². The summed E-state index contributed by atoms with van der Waals surface area (Å²) in [7, 11) is 16.8. The summed E-state index contributed by atoms with van der Waals surface area (Å²) < 4.78 is 0. The van der Waals surface area contributed by atoms with Gasteiger partial charge in [0.15, 0.2) is 0 Å². The zero-order chi connectivity index (χ0) is 62.1. The number of aliphatic hydroxyl groups is 2. The van der Waals surface area contributed by atoms with Gasteiger partial charge in [0, 0.05) is 132 Å². The molecule has 0 spiro atoms. The number of aliphatic hydroxyl groups excluding tert-OH is 2. The number of nitrogens with zero attached hydrogens (tertiary/aromatic N) is 5. The fourth-order valence-corrected chi connectivity index (χ4v) is 6.44. The molecule has 4 rings (SSSR count). The largest absolute Gasteiger partial charge is 0.480 e. The van der Waals surface area contributed by atoms with Crippen LogP contribution in [-0.4, -0.2) is 160 Å². The van der Waals surface area contributed by atoms with Crippen LogP contribution in [0, 0.1) is 0 Å². The molecule has 0 heterocycles. The first-order chi connectivity index (χ1) is 38.3. The number of aliphatic carboxylic acids is 1. The zero-order valence-corrected chi connectivity index (χ0v) is 53.6. The van der Waals surface area contributed by atoms with Crippen molar-refractivity contribution in [3.8, 4) is 0 Å². The third-order valence-corrected chi connectivity index (χ3v) is 11.4. The van der Waals surface area contributed by atoms with Crippen LogP contribution in [0.5, 0.6) is 0 Å². The van der Waals surface area contributed by atoms with Gasteiger partial charge in [-0.3, -0.25) is 9.59 Å². The van der Waals surface area contributed by atoms with E-state index in [2.05, 4.69) is 19.1 Å². The van der Waals surface area contributed by atoms with Gasteiger partial charge in [0.1, 0.15) is 6.54 Å². The van der Waals surface area contributed by atoms with E-state index in [1.165, 1.54) is 62.7 Å². The van der Waals surface area contributed by atoms with Gasteiger partial charge in [-0.2, -0.15) is 0 Å². The molecule has 19 heteroatoms. The van der Waals surface area contributed by atoms with E-state index in [0.29, 0.717) is 41.9 Å². The summed E-state index contributed by atoms with van der Waals surface area (Å²) in [5.41, 5.74) is 5.28. The van der Waals surface area contributed by atoms with Crippen LogP contribution in [0.15, 0.2) is 109 Å². The maximum Gasteiger partial charge on any atom is 0.335 e. The van der Waals surface area contributed by atoms with E-state index < -0.39 is 29.8 Å². The predicted octanol–water partition coefficient (Wildman–Crippen LogP) is 12.1. The van der Waals surface area contributed by atoms with Crippen molar-refractivity contribution in [3.63, 3.8) is 0 Å². The first-order valence-corrected chi connectivity index (χ1v) is 27.7. The Labute approximate surface area is 509 Å². The van der Waals surface area contributed by atoms with E-state index in [9.17, 15) is 28.8 Å². The Bertz CT molecular complexity index is 2040. The number of likely N-dealkylation sites (N-methyl/N-ethyl adjacent to an activating group) is 1. The number of rotatable bonds is 27. The number of allylic oxidation sites excluding steroid dienone is 2. The average molecular weight is 1230 g/mol. The second kappa shape index (κ2) is 52.5. The quantitative estimate of drug-likeness (QED) is 0.0216. The Hall–Kier alpha value is -6.56. The van der Waals surface area contributed by atoms with E-state index >= 15 is 0 Å². The van der Waals surface area contributed by atoms with Gasteiger partial charge in [-0.25, -0.2) is 19.2 Å². The third kappa shape index (κ3) is 45.1. The number of aromatic carboxylic acids is 4. The van der Waals surface area contributed by atoms with Gasteiger partial charge in [0.2, 0.25) is 5.91 Å². The molecule has 0 aliphatic heterocycles. The third-order valence-electron chi connectivity index (χ3n) is 11.4. The molecule has 0 saturated heterocycles. The number of carbonyl (C=O) groups is 6. The van der Waals surface area contributed by atoms with Crippen LogP contribution < -0.4 is 19.6 Å². The van der Waals surface area contributed by atoms with E-state index in [4.69, 9.17) is 35.7 Å². The van der Waals surface area contributed by atoms with E-state index in [1.807, 2.05) is 89.8 Å². The van der Waals surface area contributed by atoms with E-state index in [-0.39, 0.29) is 38.7 Å². The van der Waals surface area contributed by atoms with Crippen LogP contribution in [0.2, 0.25) is 0 Å². The minimum absolute atomic E-state index is 0. The van der Waals surface area contributed by atoms with Gasteiger partial charge in [-0.05, 0) is 142 Å². The number of hydrogen-bond acceptors (Lipinski definition) is 12. The van der Waals surface area contributed by atoms with Gasteiger partial charge >= 0.3 is 29.8 Å². The SMILES string of the molecule is CCCCCCCC/C=C\CCCCCCCC(=O)N(C)CC(=O)O.CCCO.CCCO.CN(C)c1ccc(C(=O)O)cc1.CN(C)c1ccc(C(=O)O)cc1.CN(C)c1ccc(C(=O)O)cc1.CN(C)c1ccc(C(=O)O)cc1.[Zr]. The summed E-state index contributed by atoms with van der Waals surface area (Å²) in [5, 5.41) is 58.8. The normalized spacial score (nSPS) is 9.68. The molecule has 0 aliphatic carbocycles. The van der Waals surface area contributed by atoms with Crippen molar-refractivity contribution < 1.29 is 90.7 Å². The smallest absolute Gasteiger partial charge is 0.335 e. The summed E-state index contributed by atoms with van der Waals surface area (Å²) in [6.07, 6.45) is 22.9. The maximum atomic E-state index is 11.7. The number of unbranched alkanes of at least 4 members (excludes halogenated alkanes) is 11. The van der Waals surface area contributed by atoms with Gasteiger partial charge in [-0.15, -0.1) is 0 Å². The second-order valence-corrected chi connectivity index (χ2v) is 19.4. The van der Waals surface area contributed by atoms with Crippen LogP contribution in [0.4, 0.5) is 22.7 Å². The van der Waals surface area contributed by atoms with Crippen LogP contribution in [-0.2, 0) is 35.8 Å². The van der Waals surface area contributed by atoms with E-state index in [0.717, 1.165) is 61.3 Å². The zero-order valence-electron chi connectivity index (χ0n) is 51.1. The molecule has 4 aromatic rings. The molecule has 4 aromatic carbocycles. The van der Waals surface area contributed by atoms with Gasteiger partial charge < -0.3 is 60.2 Å². The molecule has 0 bridgehead atoms. The molecule has 1 amide bonds. The number of carboxylic acid groups (broad SMARTS) is 5. The van der Waals surface area contributed by atoms with Crippen molar-refractivity contribution in [1.29, 1.82) is 0 Å². The molecule has 0 saturated carbocycles. The molecule has 0 aromatic heterocycles. The van der Waals surface area contributed by atoms with Crippen LogP contribution >= 0.6 is 0 Å². The Morgan fingerprint density at radius 3 is 0.805 bits per heavy atom. The Kier molecular flexibility index (Phi) is 52.5. The fourth-order valence-electron chi connectivity index (χ4n) is 6.44. The summed E-state index contributed by atoms with van der Waals surface area (Å²) in [6.45, 7) is 6.55. The van der Waals surface area contributed by atoms with Gasteiger partial charge in [-0.1, -0.05) is 84.3 Å². The summed E-state index contributed by atoms with van der Waals surface area (Å²) in [6, 6.07) is 27.0. The molecule has 0 unspecified atom stereocenters. The van der Waals surface area contributed by atoms with Crippen molar-refractivity contribution in [3.05, 3.63) is 131 Å². The first-order valence-electron chi connectivity index (χ1n) is 27.7. The summed E-state index contributed by atoms with van der Waals surface area (Å²) in [5.74, 6) is -4.58. The Balaban J connectivity index is -0.000000462. The molecular formula is C63H99N5O13Zr. The number of hydrogen-bond donors (Lipinski definition) is 7. The number of anilines is 4. The van der Waals surface area contributed by atoms with Crippen molar-refractivity contribution >= 4 is 58.5 Å². The second-order valence-electron chi connectivity index (χ2n) is 19.4. The van der Waals surface area contributed by atoms with Crippen LogP contribution in [0.3, 0.4) is 0 Å². The monoisotopic (exact) mass is 1220 g/mol. The van der Waals surface area contributed by atoms with Gasteiger partial charge in [0.25, 0.3) is 0 Å². The maximum absolute atomic E-state index is 11.7. The predicted molar refractivity (Wildman–Crippen MR) is 330 cm³/mol. The van der Waals surface area contributed by atoms with E-state index in [1.54, 1.807) is 104 Å². The van der Waals surface area contributed by atoms with Crippen molar-refractivity contribution in [2.45, 2.75) is 124 Å². The standard InChI is InChI=1S/C21H39NO3.4C9H11NO2.2C3H8O.Zr/c1-3-4-5-6-7-8-9-10-11-12-13-14-15-16-17-18-20(23)22(2)19-21(24)25;4*1-10(2)8-5-3-7(4-6-8)9(11)12;2*1-2-3-4;/h10-11H,3-9,12-19H2,1-2H3,(H,24,25);4*3-6H,1-2H3,(H,11,12);2*4H,2-3H2,1H3;/b11-10-;;;;;;;. The Morgan fingerprint density at radius 1 is 0.366 bits per heavy atom.